The molecule has 9 rings (SSSR count). The van der Waals surface area contributed by atoms with E-state index in [1.807, 2.05) is 12.1 Å². The van der Waals surface area contributed by atoms with Gasteiger partial charge in [0.05, 0.1) is 0 Å². The molecule has 0 fully saturated rings. The molecule has 0 aliphatic heterocycles. The third-order valence-corrected chi connectivity index (χ3v) is 9.10. The van der Waals surface area contributed by atoms with E-state index in [1.165, 1.54) is 27.8 Å². The lowest BCUT2D eigenvalue weighted by molar-refractivity contribution is 0.670. The average molecular weight is 592 g/mol. The molecule has 0 spiro atoms. The van der Waals surface area contributed by atoms with Crippen LogP contribution in [0.25, 0.3) is 83.1 Å². The number of furan rings is 1. The van der Waals surface area contributed by atoms with Crippen LogP contribution in [-0.2, 0) is 0 Å². The van der Waals surface area contributed by atoms with Crippen molar-refractivity contribution in [3.05, 3.63) is 151 Å². The Morgan fingerprint density at radius 2 is 1.13 bits per heavy atom. The van der Waals surface area contributed by atoms with Gasteiger partial charge in [-0.15, -0.1) is 10.2 Å². The van der Waals surface area contributed by atoms with Gasteiger partial charge in [0.1, 0.15) is 11.2 Å². The molecule has 0 radical (unpaired) electrons. The molecule has 4 nitrogen and oxygen atoms in total. The fourth-order valence-corrected chi connectivity index (χ4v) is 6.54. The summed E-state index contributed by atoms with van der Waals surface area (Å²) >= 11 is 0. The Labute approximate surface area is 266 Å². The average Bonchev–Trinajstić information content (AvgIpc) is 3.70. The summed E-state index contributed by atoms with van der Waals surface area (Å²) in [5.41, 5.74) is 13.0. The van der Waals surface area contributed by atoms with Crippen molar-refractivity contribution in [2.45, 2.75) is 13.8 Å². The molecule has 0 bridgehead atoms. The van der Waals surface area contributed by atoms with E-state index < -0.39 is 0 Å². The van der Waals surface area contributed by atoms with Crippen molar-refractivity contribution >= 4 is 38.4 Å². The van der Waals surface area contributed by atoms with Crippen LogP contribution >= 0.6 is 0 Å². The number of fused-ring (bicyclic) bond motifs is 6. The fraction of sp³-hybridized carbons (Fsp3) is 0.0476. The van der Waals surface area contributed by atoms with Gasteiger partial charge in [-0.25, -0.2) is 0 Å². The molecule has 0 saturated carbocycles. The van der Waals surface area contributed by atoms with Gasteiger partial charge in [-0.2, -0.15) is 0 Å². The maximum Gasteiger partial charge on any atom is 0.168 e. The maximum absolute atomic E-state index is 6.63. The summed E-state index contributed by atoms with van der Waals surface area (Å²) in [6, 6.07) is 47.4. The standard InChI is InChI=1S/C42H29N3O/c1-26-7-11-28(12-8-26)33-19-20-39-37(23-33)38-25-34(29-13-9-27(2)10-14-29)24-36(40(38)46-39)31-15-17-32(18-16-31)41-43-44-42-35-6-4-3-5-30(35)21-22-45(41)42/h3-25H,1-2H3. The first-order valence-electron chi connectivity index (χ1n) is 15.6. The number of aryl methyl sites for hydroxylation is 2. The van der Waals surface area contributed by atoms with Gasteiger partial charge < -0.3 is 4.42 Å². The number of benzene rings is 6. The van der Waals surface area contributed by atoms with Crippen molar-refractivity contribution in [1.82, 2.24) is 14.6 Å². The largest absolute Gasteiger partial charge is 0.455 e. The predicted molar refractivity (Wildman–Crippen MR) is 189 cm³/mol. The Morgan fingerprint density at radius 3 is 1.89 bits per heavy atom. The van der Waals surface area contributed by atoms with Crippen LogP contribution in [0, 0.1) is 13.8 Å². The number of nitrogens with zero attached hydrogens (tertiary/aromatic N) is 3. The minimum atomic E-state index is 0.818. The van der Waals surface area contributed by atoms with Gasteiger partial charge in [0.25, 0.3) is 0 Å². The van der Waals surface area contributed by atoms with Crippen molar-refractivity contribution in [3.8, 4) is 44.8 Å². The highest BCUT2D eigenvalue weighted by atomic mass is 16.3. The molecule has 9 aromatic rings. The number of hydrogen-bond donors (Lipinski definition) is 0. The lowest BCUT2D eigenvalue weighted by atomic mass is 9.94. The van der Waals surface area contributed by atoms with Crippen molar-refractivity contribution in [1.29, 1.82) is 0 Å². The van der Waals surface area contributed by atoms with E-state index in [2.05, 4.69) is 156 Å². The van der Waals surface area contributed by atoms with Crippen molar-refractivity contribution in [2.75, 3.05) is 0 Å². The van der Waals surface area contributed by atoms with E-state index in [4.69, 9.17) is 4.42 Å². The molecule has 3 heterocycles. The topological polar surface area (TPSA) is 43.3 Å². The number of rotatable bonds is 4. The third kappa shape index (κ3) is 4.30. The van der Waals surface area contributed by atoms with E-state index in [9.17, 15) is 0 Å². The summed E-state index contributed by atoms with van der Waals surface area (Å²) < 4.78 is 8.70. The van der Waals surface area contributed by atoms with E-state index in [0.717, 1.165) is 66.4 Å². The summed E-state index contributed by atoms with van der Waals surface area (Å²) in [4.78, 5) is 0. The van der Waals surface area contributed by atoms with E-state index >= 15 is 0 Å². The zero-order chi connectivity index (χ0) is 30.8. The zero-order valence-electron chi connectivity index (χ0n) is 25.5. The summed E-state index contributed by atoms with van der Waals surface area (Å²) in [5, 5.41) is 13.6. The molecule has 0 N–H and O–H groups in total. The zero-order valence-corrected chi connectivity index (χ0v) is 25.5. The molecule has 218 valence electrons. The highest BCUT2D eigenvalue weighted by molar-refractivity contribution is 6.12. The Kier molecular flexibility index (Phi) is 5.90. The summed E-state index contributed by atoms with van der Waals surface area (Å²) in [7, 11) is 0. The lowest BCUT2D eigenvalue weighted by Crippen LogP contribution is -1.90. The highest BCUT2D eigenvalue weighted by Gasteiger charge is 2.17. The van der Waals surface area contributed by atoms with Gasteiger partial charge in [-0.05, 0) is 77.4 Å². The molecule has 0 unspecified atom stereocenters. The van der Waals surface area contributed by atoms with Crippen LogP contribution in [0.1, 0.15) is 11.1 Å². The Balaban J connectivity index is 1.20. The Bertz CT molecular complexity index is 2570. The normalized spacial score (nSPS) is 11.7. The maximum atomic E-state index is 6.63. The van der Waals surface area contributed by atoms with E-state index in [0.29, 0.717) is 0 Å². The van der Waals surface area contributed by atoms with Crippen LogP contribution in [0.4, 0.5) is 0 Å². The molecular formula is C42H29N3O. The van der Waals surface area contributed by atoms with Gasteiger partial charge in [-0.3, -0.25) is 4.40 Å². The first-order valence-corrected chi connectivity index (χ1v) is 15.6. The number of pyridine rings is 1. The van der Waals surface area contributed by atoms with Crippen LogP contribution in [-0.4, -0.2) is 14.6 Å². The van der Waals surface area contributed by atoms with Crippen molar-refractivity contribution in [2.24, 2.45) is 0 Å². The minimum absolute atomic E-state index is 0.818. The minimum Gasteiger partial charge on any atom is -0.455 e. The quantitative estimate of drug-likeness (QED) is 0.204. The van der Waals surface area contributed by atoms with Crippen molar-refractivity contribution < 1.29 is 4.42 Å². The van der Waals surface area contributed by atoms with Crippen molar-refractivity contribution in [3.63, 3.8) is 0 Å². The van der Waals surface area contributed by atoms with Crippen LogP contribution in [0.15, 0.2) is 144 Å². The second-order valence-electron chi connectivity index (χ2n) is 12.1. The van der Waals surface area contributed by atoms with E-state index in [1.54, 1.807) is 0 Å². The molecule has 4 heteroatoms. The Hall–Kier alpha value is -6.00. The summed E-state index contributed by atoms with van der Waals surface area (Å²) in [5.74, 6) is 0.818. The lowest BCUT2D eigenvalue weighted by Gasteiger charge is -2.09. The molecule has 0 amide bonds. The van der Waals surface area contributed by atoms with Gasteiger partial charge >= 0.3 is 0 Å². The first kappa shape index (κ1) is 26.4. The van der Waals surface area contributed by atoms with Crippen LogP contribution in [0.2, 0.25) is 0 Å². The van der Waals surface area contributed by atoms with Crippen LogP contribution < -0.4 is 0 Å². The number of aromatic nitrogens is 3. The second kappa shape index (κ2) is 10.3. The van der Waals surface area contributed by atoms with Gasteiger partial charge in [0.15, 0.2) is 11.5 Å². The molecule has 0 aliphatic carbocycles. The predicted octanol–water partition coefficient (Wildman–Crippen LogP) is 11.1. The number of hydrogen-bond acceptors (Lipinski definition) is 3. The molecular weight excluding hydrogens is 562 g/mol. The Morgan fingerprint density at radius 1 is 0.500 bits per heavy atom. The summed E-state index contributed by atoms with van der Waals surface area (Å²) in [6.45, 7) is 4.24. The van der Waals surface area contributed by atoms with E-state index in [-0.39, 0.29) is 0 Å². The molecule has 0 aliphatic rings. The molecule has 6 aromatic carbocycles. The van der Waals surface area contributed by atoms with Gasteiger partial charge in [0, 0.05) is 33.5 Å². The van der Waals surface area contributed by atoms with Crippen LogP contribution in [0.5, 0.6) is 0 Å². The monoisotopic (exact) mass is 591 g/mol. The smallest absolute Gasteiger partial charge is 0.168 e. The fourth-order valence-electron chi connectivity index (χ4n) is 6.54. The SMILES string of the molecule is Cc1ccc(-c2ccc3oc4c(-c5ccc(-c6nnc7c8ccccc8ccn67)cc5)cc(-c5ccc(C)cc5)cc4c3c2)cc1. The highest BCUT2D eigenvalue weighted by Crippen LogP contribution is 2.41. The molecule has 3 aromatic heterocycles. The third-order valence-electron chi connectivity index (χ3n) is 9.10. The molecule has 46 heavy (non-hydrogen) atoms. The first-order chi connectivity index (χ1) is 22.6. The second-order valence-corrected chi connectivity index (χ2v) is 12.1. The van der Waals surface area contributed by atoms with Gasteiger partial charge in [-0.1, -0.05) is 114 Å². The molecule has 0 saturated heterocycles. The molecule has 0 atom stereocenters. The van der Waals surface area contributed by atoms with Gasteiger partial charge in [0.2, 0.25) is 0 Å². The van der Waals surface area contributed by atoms with Crippen LogP contribution in [0.3, 0.4) is 0 Å². The summed E-state index contributed by atoms with van der Waals surface area (Å²) in [6.07, 6.45) is 2.05.